The van der Waals surface area contributed by atoms with Crippen LogP contribution in [-0.2, 0) is 0 Å². The molecule has 1 unspecified atom stereocenters. The molecular weight excluding hydrogens is 276 g/mol. The van der Waals surface area contributed by atoms with E-state index < -0.39 is 6.10 Å². The van der Waals surface area contributed by atoms with Crippen molar-refractivity contribution in [3.8, 4) is 5.75 Å². The lowest BCUT2D eigenvalue weighted by Gasteiger charge is -2.33. The van der Waals surface area contributed by atoms with Crippen molar-refractivity contribution >= 4 is 10.8 Å². The zero-order valence-corrected chi connectivity index (χ0v) is 13.1. The van der Waals surface area contributed by atoms with Crippen LogP contribution in [0.1, 0.15) is 0 Å². The molecule has 0 aliphatic carbocycles. The molecule has 22 heavy (non-hydrogen) atoms. The molecule has 1 heterocycles. The molecular formula is C18H24N2O2. The van der Waals surface area contributed by atoms with Gasteiger partial charge in [0.1, 0.15) is 18.5 Å². The van der Waals surface area contributed by atoms with Gasteiger partial charge in [0.25, 0.3) is 0 Å². The molecule has 1 aliphatic rings. The second-order valence-corrected chi connectivity index (χ2v) is 6.05. The summed E-state index contributed by atoms with van der Waals surface area (Å²) in [6.07, 6.45) is -0.456. The summed E-state index contributed by atoms with van der Waals surface area (Å²) in [5.41, 5.74) is 0. The maximum atomic E-state index is 10.2. The summed E-state index contributed by atoms with van der Waals surface area (Å²) < 4.78 is 5.86. The summed E-state index contributed by atoms with van der Waals surface area (Å²) in [7, 11) is 2.14. The van der Waals surface area contributed by atoms with Crippen molar-refractivity contribution in [3.05, 3.63) is 42.5 Å². The molecule has 2 aromatic carbocycles. The largest absolute Gasteiger partial charge is 0.490 e. The predicted octanol–water partition coefficient (Wildman–Crippen LogP) is 1.83. The summed E-state index contributed by atoms with van der Waals surface area (Å²) >= 11 is 0. The Hall–Kier alpha value is -1.62. The number of aliphatic hydroxyl groups excluding tert-OH is 1. The lowest BCUT2D eigenvalue weighted by molar-refractivity contribution is 0.0509. The van der Waals surface area contributed by atoms with E-state index in [1.807, 2.05) is 24.3 Å². The maximum absolute atomic E-state index is 10.2. The summed E-state index contributed by atoms with van der Waals surface area (Å²) in [4.78, 5) is 4.62. The van der Waals surface area contributed by atoms with Crippen LogP contribution in [0.2, 0.25) is 0 Å². The molecule has 118 valence electrons. The number of rotatable bonds is 5. The average molecular weight is 300 g/mol. The van der Waals surface area contributed by atoms with Crippen molar-refractivity contribution in [1.82, 2.24) is 9.80 Å². The second kappa shape index (κ2) is 7.09. The van der Waals surface area contributed by atoms with E-state index >= 15 is 0 Å². The van der Waals surface area contributed by atoms with E-state index in [4.69, 9.17) is 4.74 Å². The van der Waals surface area contributed by atoms with Gasteiger partial charge >= 0.3 is 0 Å². The normalized spacial score (nSPS) is 18.5. The van der Waals surface area contributed by atoms with E-state index in [-0.39, 0.29) is 0 Å². The monoisotopic (exact) mass is 300 g/mol. The maximum Gasteiger partial charge on any atom is 0.127 e. The Morgan fingerprint density at radius 2 is 1.77 bits per heavy atom. The van der Waals surface area contributed by atoms with Crippen molar-refractivity contribution in [2.75, 3.05) is 46.4 Å². The molecule has 3 rings (SSSR count). The molecule has 1 N–H and O–H groups in total. The molecule has 4 nitrogen and oxygen atoms in total. The number of nitrogens with zero attached hydrogens (tertiary/aromatic N) is 2. The fourth-order valence-corrected chi connectivity index (χ4v) is 2.89. The second-order valence-electron chi connectivity index (χ2n) is 6.05. The van der Waals surface area contributed by atoms with Crippen LogP contribution >= 0.6 is 0 Å². The Morgan fingerprint density at radius 3 is 2.59 bits per heavy atom. The van der Waals surface area contributed by atoms with Crippen molar-refractivity contribution in [2.24, 2.45) is 0 Å². The number of benzene rings is 2. The molecule has 0 aromatic heterocycles. The first-order valence-electron chi connectivity index (χ1n) is 7.92. The minimum Gasteiger partial charge on any atom is -0.490 e. The van der Waals surface area contributed by atoms with Gasteiger partial charge in [-0.3, -0.25) is 4.90 Å². The fraction of sp³-hybridized carbons (Fsp3) is 0.444. The van der Waals surface area contributed by atoms with Crippen LogP contribution in [-0.4, -0.2) is 67.4 Å². The minimum atomic E-state index is -0.456. The van der Waals surface area contributed by atoms with E-state index in [0.29, 0.717) is 13.2 Å². The van der Waals surface area contributed by atoms with Gasteiger partial charge in [-0.2, -0.15) is 0 Å². The molecule has 2 aromatic rings. The standard InChI is InChI=1S/C18H24N2O2/c1-19-9-11-20(12-10-19)13-16(21)14-22-18-8-4-6-15-5-2-3-7-17(15)18/h2-8,16,21H,9-14H2,1H3. The number of fused-ring (bicyclic) bond motifs is 1. The minimum absolute atomic E-state index is 0.334. The van der Waals surface area contributed by atoms with Crippen LogP contribution in [0.4, 0.5) is 0 Å². The number of ether oxygens (including phenoxy) is 1. The van der Waals surface area contributed by atoms with Gasteiger partial charge in [0.15, 0.2) is 0 Å². The quantitative estimate of drug-likeness (QED) is 0.914. The highest BCUT2D eigenvalue weighted by Gasteiger charge is 2.17. The van der Waals surface area contributed by atoms with Gasteiger partial charge in [0, 0.05) is 38.1 Å². The first-order valence-corrected chi connectivity index (χ1v) is 7.92. The van der Waals surface area contributed by atoms with Gasteiger partial charge in [-0.1, -0.05) is 36.4 Å². The first kappa shape index (κ1) is 15.3. The fourth-order valence-electron chi connectivity index (χ4n) is 2.89. The lowest BCUT2D eigenvalue weighted by atomic mass is 10.1. The Morgan fingerprint density at radius 1 is 1.05 bits per heavy atom. The molecule has 4 heteroatoms. The summed E-state index contributed by atoms with van der Waals surface area (Å²) in [5.74, 6) is 0.843. The molecule has 0 bridgehead atoms. The van der Waals surface area contributed by atoms with E-state index in [9.17, 15) is 5.11 Å². The molecule has 0 amide bonds. The Bertz CT molecular complexity index is 604. The lowest BCUT2D eigenvalue weighted by Crippen LogP contribution is -2.47. The number of β-amino-alcohol motifs (C(OH)–C–C–N with tert-alkyl or cyclic N) is 1. The molecule has 1 aliphatic heterocycles. The number of likely N-dealkylation sites (N-methyl/N-ethyl adjacent to an activating group) is 1. The molecule has 1 fully saturated rings. The highest BCUT2D eigenvalue weighted by atomic mass is 16.5. The number of piperazine rings is 1. The number of hydrogen-bond donors (Lipinski definition) is 1. The van der Waals surface area contributed by atoms with Gasteiger partial charge in [-0.15, -0.1) is 0 Å². The van der Waals surface area contributed by atoms with E-state index in [1.54, 1.807) is 0 Å². The number of hydrogen-bond acceptors (Lipinski definition) is 4. The average Bonchev–Trinajstić information content (AvgIpc) is 2.55. The van der Waals surface area contributed by atoms with Crippen LogP contribution in [0.15, 0.2) is 42.5 Å². The SMILES string of the molecule is CN1CCN(CC(O)COc2cccc3ccccc23)CC1. The van der Waals surface area contributed by atoms with Crippen LogP contribution in [0.3, 0.4) is 0 Å². The highest BCUT2D eigenvalue weighted by molar-refractivity contribution is 5.88. The third-order valence-corrected chi connectivity index (χ3v) is 4.25. The van der Waals surface area contributed by atoms with E-state index in [0.717, 1.165) is 42.7 Å². The third-order valence-electron chi connectivity index (χ3n) is 4.25. The molecule has 0 spiro atoms. The molecule has 0 saturated carbocycles. The van der Waals surface area contributed by atoms with Crippen LogP contribution in [0.25, 0.3) is 10.8 Å². The van der Waals surface area contributed by atoms with Crippen molar-refractivity contribution < 1.29 is 9.84 Å². The van der Waals surface area contributed by atoms with Crippen molar-refractivity contribution in [1.29, 1.82) is 0 Å². The predicted molar refractivity (Wildman–Crippen MR) is 89.4 cm³/mol. The van der Waals surface area contributed by atoms with Gasteiger partial charge in [0.05, 0.1) is 0 Å². The van der Waals surface area contributed by atoms with Crippen molar-refractivity contribution in [3.63, 3.8) is 0 Å². The van der Waals surface area contributed by atoms with Crippen LogP contribution < -0.4 is 4.74 Å². The Kier molecular flexibility index (Phi) is 4.93. The highest BCUT2D eigenvalue weighted by Crippen LogP contribution is 2.25. The summed E-state index contributed by atoms with van der Waals surface area (Å²) in [6, 6.07) is 14.2. The van der Waals surface area contributed by atoms with Gasteiger partial charge < -0.3 is 14.7 Å². The topological polar surface area (TPSA) is 35.9 Å². The van der Waals surface area contributed by atoms with Gasteiger partial charge in [-0.25, -0.2) is 0 Å². The summed E-state index contributed by atoms with van der Waals surface area (Å²) in [6.45, 7) is 5.18. The molecule has 1 atom stereocenters. The molecule has 1 saturated heterocycles. The molecule has 0 radical (unpaired) electrons. The third kappa shape index (κ3) is 3.77. The van der Waals surface area contributed by atoms with E-state index in [1.165, 1.54) is 0 Å². The Labute approximate surface area is 131 Å². The van der Waals surface area contributed by atoms with Crippen molar-refractivity contribution in [2.45, 2.75) is 6.10 Å². The first-order chi connectivity index (χ1) is 10.7. The Balaban J connectivity index is 1.55. The smallest absolute Gasteiger partial charge is 0.127 e. The van der Waals surface area contributed by atoms with Gasteiger partial charge in [-0.05, 0) is 18.5 Å². The zero-order valence-electron chi connectivity index (χ0n) is 13.1. The van der Waals surface area contributed by atoms with E-state index in [2.05, 4.69) is 35.0 Å². The summed E-state index contributed by atoms with van der Waals surface area (Å²) in [5, 5.41) is 12.5. The van der Waals surface area contributed by atoms with Crippen LogP contribution in [0, 0.1) is 0 Å². The zero-order chi connectivity index (χ0) is 15.4. The van der Waals surface area contributed by atoms with Gasteiger partial charge in [0.2, 0.25) is 0 Å². The number of aliphatic hydroxyl groups is 1. The van der Waals surface area contributed by atoms with Crippen LogP contribution in [0.5, 0.6) is 5.75 Å².